The van der Waals surface area contributed by atoms with Gasteiger partial charge in [0.25, 0.3) is 0 Å². The van der Waals surface area contributed by atoms with E-state index in [1.54, 1.807) is 0 Å². The van der Waals surface area contributed by atoms with E-state index >= 15 is 0 Å². The van der Waals surface area contributed by atoms with Gasteiger partial charge in [0.1, 0.15) is 12.0 Å². The molecule has 2 atom stereocenters. The second-order valence-corrected chi connectivity index (χ2v) is 20.3. The number of hydrogen-bond acceptors (Lipinski definition) is 4. The third-order valence-corrected chi connectivity index (χ3v) is 16.2. The maximum absolute atomic E-state index is 15.0. The number of halogens is 1. The predicted octanol–water partition coefficient (Wildman–Crippen LogP) is 12.4. The highest BCUT2D eigenvalue weighted by molar-refractivity contribution is 14.1. The standard InChI is InChI=1S/C52H37IN3OP/c1-52(53)45-32-37(34-21-26-41(27-22-34)58(57,39-15-7-3-8-16-39)40-17-9-4-10-18-40)23-28-42(45)43-29-24-38(33-46(43)52)36-25-30-47-44(31-36)51-55-48-19-11-12-20-49(48)56(51)50(54-47)35-13-5-2-6-14-35/h2-33,51,55H,1H3. The Bertz CT molecular complexity index is 2940. The van der Waals surface area contributed by atoms with Crippen LogP contribution in [0.1, 0.15) is 35.3 Å². The van der Waals surface area contributed by atoms with E-state index in [0.29, 0.717) is 0 Å². The maximum Gasteiger partial charge on any atom is 0.171 e. The summed E-state index contributed by atoms with van der Waals surface area (Å²) in [4.78, 5) is 7.61. The number of alkyl halides is 1. The minimum Gasteiger partial charge on any atom is -0.359 e. The van der Waals surface area contributed by atoms with E-state index < -0.39 is 7.14 Å². The zero-order valence-electron chi connectivity index (χ0n) is 31.7. The molecule has 0 aromatic heterocycles. The molecule has 0 radical (unpaired) electrons. The third kappa shape index (κ3) is 5.48. The number of hydrogen-bond donors (Lipinski definition) is 1. The van der Waals surface area contributed by atoms with Gasteiger partial charge >= 0.3 is 0 Å². The Morgan fingerprint density at radius 2 is 1.05 bits per heavy atom. The average molecular weight is 878 g/mol. The van der Waals surface area contributed by atoms with Crippen molar-refractivity contribution in [2.24, 2.45) is 4.99 Å². The van der Waals surface area contributed by atoms with Crippen molar-refractivity contribution >= 4 is 68.5 Å². The highest BCUT2D eigenvalue weighted by atomic mass is 127. The molecule has 278 valence electrons. The molecule has 0 bridgehead atoms. The lowest BCUT2D eigenvalue weighted by atomic mass is 9.93. The number of para-hydroxylation sites is 2. The number of nitrogens with one attached hydrogen (secondary N) is 1. The summed E-state index contributed by atoms with van der Waals surface area (Å²) in [6.45, 7) is 2.33. The van der Waals surface area contributed by atoms with E-state index in [0.717, 1.165) is 61.1 Å². The lowest BCUT2D eigenvalue weighted by Gasteiger charge is -2.33. The molecule has 3 aliphatic rings. The topological polar surface area (TPSA) is 44.7 Å². The minimum atomic E-state index is -3.05. The average Bonchev–Trinajstić information content (AvgIpc) is 3.79. The van der Waals surface area contributed by atoms with E-state index in [1.165, 1.54) is 33.4 Å². The fourth-order valence-electron chi connectivity index (χ4n) is 9.05. The summed E-state index contributed by atoms with van der Waals surface area (Å²) in [5.74, 6) is 0.953. The van der Waals surface area contributed by atoms with Gasteiger partial charge in [0.2, 0.25) is 0 Å². The lowest BCUT2D eigenvalue weighted by Crippen LogP contribution is -2.37. The first kappa shape index (κ1) is 35.2. The van der Waals surface area contributed by atoms with Gasteiger partial charge in [-0.1, -0.05) is 180 Å². The van der Waals surface area contributed by atoms with Crippen LogP contribution >= 0.6 is 29.7 Å². The highest BCUT2D eigenvalue weighted by Crippen LogP contribution is 2.55. The Labute approximate surface area is 352 Å². The molecule has 0 saturated carbocycles. The van der Waals surface area contributed by atoms with Crippen LogP contribution in [0.4, 0.5) is 17.1 Å². The molecule has 0 fully saturated rings. The Hall–Kier alpha value is -6.01. The van der Waals surface area contributed by atoms with Gasteiger partial charge in [-0.2, -0.15) is 0 Å². The van der Waals surface area contributed by atoms with Crippen molar-refractivity contribution < 1.29 is 4.57 Å². The van der Waals surface area contributed by atoms with Crippen molar-refractivity contribution in [1.29, 1.82) is 0 Å². The molecular formula is C52H37IN3OP. The first-order valence-corrected chi connectivity index (χ1v) is 22.4. The van der Waals surface area contributed by atoms with Crippen LogP contribution in [0.25, 0.3) is 33.4 Å². The molecule has 8 aromatic carbocycles. The Morgan fingerprint density at radius 3 is 1.69 bits per heavy atom. The monoisotopic (exact) mass is 877 g/mol. The van der Waals surface area contributed by atoms with E-state index in [1.807, 2.05) is 66.7 Å². The molecule has 8 aromatic rings. The van der Waals surface area contributed by atoms with Crippen LogP contribution in [-0.2, 0) is 7.99 Å². The summed E-state index contributed by atoms with van der Waals surface area (Å²) in [5.41, 5.74) is 15.3. The summed E-state index contributed by atoms with van der Waals surface area (Å²) in [6.07, 6.45) is -0.0651. The lowest BCUT2D eigenvalue weighted by molar-refractivity contribution is 0.592. The SMILES string of the molecule is CC1(I)c2cc(-c3ccc(P(=O)(c4ccccc4)c4ccccc4)cc3)ccc2-c2ccc(-c3ccc4c(c3)C3Nc5ccccc5N3C(c3ccccc3)=N4)cc21. The van der Waals surface area contributed by atoms with Crippen LogP contribution < -0.4 is 26.1 Å². The van der Waals surface area contributed by atoms with Crippen molar-refractivity contribution in [2.45, 2.75) is 16.5 Å². The molecule has 0 amide bonds. The Kier molecular flexibility index (Phi) is 8.22. The van der Waals surface area contributed by atoms with Gasteiger partial charge in [-0.25, -0.2) is 4.99 Å². The highest BCUT2D eigenvalue weighted by Gasteiger charge is 2.40. The molecule has 2 unspecified atom stereocenters. The van der Waals surface area contributed by atoms with Crippen molar-refractivity contribution in [2.75, 3.05) is 10.2 Å². The van der Waals surface area contributed by atoms with Crippen LogP contribution in [0.15, 0.2) is 199 Å². The molecule has 11 rings (SSSR count). The third-order valence-electron chi connectivity index (χ3n) is 12.0. The summed E-state index contributed by atoms with van der Waals surface area (Å²) >= 11 is 2.64. The summed E-state index contributed by atoms with van der Waals surface area (Å²) in [5, 5.41) is 6.33. The van der Waals surface area contributed by atoms with Crippen LogP contribution in [0, 0.1) is 0 Å². The van der Waals surface area contributed by atoms with Gasteiger partial charge in [-0.3, -0.25) is 4.90 Å². The predicted molar refractivity (Wildman–Crippen MR) is 251 cm³/mol. The molecule has 6 heteroatoms. The number of benzene rings is 8. The molecular weight excluding hydrogens is 840 g/mol. The number of nitrogens with zero attached hydrogens (tertiary/aromatic N) is 2. The molecule has 58 heavy (non-hydrogen) atoms. The summed E-state index contributed by atoms with van der Waals surface area (Å²) in [6, 6.07) is 67.6. The van der Waals surface area contributed by atoms with Crippen LogP contribution in [0.2, 0.25) is 0 Å². The van der Waals surface area contributed by atoms with E-state index in [2.05, 4.69) is 167 Å². The molecule has 1 aliphatic carbocycles. The van der Waals surface area contributed by atoms with Crippen molar-refractivity contribution in [1.82, 2.24) is 0 Å². The second kappa shape index (κ2) is 13.5. The minimum absolute atomic E-state index is 0.0651. The number of anilines is 2. The van der Waals surface area contributed by atoms with Crippen molar-refractivity contribution in [3.63, 3.8) is 0 Å². The van der Waals surface area contributed by atoms with Gasteiger partial charge < -0.3 is 9.88 Å². The maximum atomic E-state index is 15.0. The molecule has 2 heterocycles. The van der Waals surface area contributed by atoms with Crippen LogP contribution in [-0.4, -0.2) is 5.84 Å². The molecule has 2 aliphatic heterocycles. The normalized spacial score (nSPS) is 17.3. The fourth-order valence-corrected chi connectivity index (χ4v) is 12.6. The van der Waals surface area contributed by atoms with Gasteiger partial charge in [-0.15, -0.1) is 0 Å². The largest absolute Gasteiger partial charge is 0.359 e. The van der Waals surface area contributed by atoms with Crippen molar-refractivity contribution in [3.05, 3.63) is 216 Å². The number of aliphatic imine (C=N–C) groups is 1. The Balaban J connectivity index is 0.928. The molecule has 4 nitrogen and oxygen atoms in total. The molecule has 1 N–H and O–H groups in total. The first-order chi connectivity index (χ1) is 28.4. The quantitative estimate of drug-likeness (QED) is 0.103. The van der Waals surface area contributed by atoms with Gasteiger partial charge in [0.15, 0.2) is 7.14 Å². The van der Waals surface area contributed by atoms with E-state index in [4.69, 9.17) is 4.99 Å². The molecule has 0 spiro atoms. The first-order valence-electron chi connectivity index (χ1n) is 19.6. The smallest absolute Gasteiger partial charge is 0.171 e. The van der Waals surface area contributed by atoms with E-state index in [9.17, 15) is 4.57 Å². The second-order valence-electron chi connectivity index (χ2n) is 15.4. The fraction of sp³-hybridized carbons (Fsp3) is 0.0577. The van der Waals surface area contributed by atoms with Crippen molar-refractivity contribution in [3.8, 4) is 33.4 Å². The summed E-state index contributed by atoms with van der Waals surface area (Å²) < 4.78 is 14.7. The van der Waals surface area contributed by atoms with Gasteiger partial charge in [-0.05, 0) is 87.8 Å². The van der Waals surface area contributed by atoms with Gasteiger partial charge in [0.05, 0.1) is 20.5 Å². The Morgan fingerprint density at radius 1 is 0.552 bits per heavy atom. The zero-order chi connectivity index (χ0) is 39.0. The van der Waals surface area contributed by atoms with E-state index in [-0.39, 0.29) is 9.59 Å². The summed E-state index contributed by atoms with van der Waals surface area (Å²) in [7, 11) is -3.05. The number of rotatable bonds is 6. The van der Waals surface area contributed by atoms with Gasteiger partial charge in [0, 0.05) is 27.0 Å². The van der Waals surface area contributed by atoms with Crippen LogP contribution in [0.5, 0.6) is 0 Å². The molecule has 0 saturated heterocycles. The number of fused-ring (bicyclic) bond motifs is 8. The van der Waals surface area contributed by atoms with Crippen LogP contribution in [0.3, 0.4) is 0 Å². The zero-order valence-corrected chi connectivity index (χ0v) is 34.7. The number of amidine groups is 1.